The molecule has 2 aromatic rings. The maximum absolute atomic E-state index is 13.2. The van der Waals surface area contributed by atoms with Gasteiger partial charge in [-0.3, -0.25) is 4.79 Å². The summed E-state index contributed by atoms with van der Waals surface area (Å²) in [6, 6.07) is 6.34. The topological polar surface area (TPSA) is 63.1 Å². The lowest BCUT2D eigenvalue weighted by Crippen LogP contribution is -2.40. The van der Waals surface area contributed by atoms with Crippen molar-refractivity contribution in [3.63, 3.8) is 0 Å². The fraction of sp³-hybridized carbons (Fsp3) is 0.500. The number of likely N-dealkylation sites (tertiary alicyclic amines) is 1. The van der Waals surface area contributed by atoms with Crippen LogP contribution in [0.2, 0.25) is 0 Å². The third-order valence-corrected chi connectivity index (χ3v) is 4.58. The molecule has 0 aliphatic carbocycles. The van der Waals surface area contributed by atoms with Crippen molar-refractivity contribution in [1.82, 2.24) is 25.2 Å². The number of aromatic nitrogens is 3. The summed E-state index contributed by atoms with van der Waals surface area (Å²) < 4.78 is 14.8. The number of hydrogen-bond donors (Lipinski definition) is 1. The van der Waals surface area contributed by atoms with E-state index in [1.807, 2.05) is 11.0 Å². The van der Waals surface area contributed by atoms with Gasteiger partial charge in [0, 0.05) is 13.1 Å². The molecule has 0 atom stereocenters. The fourth-order valence-electron chi connectivity index (χ4n) is 3.15. The molecule has 134 valence electrons. The lowest BCUT2D eigenvalue weighted by molar-refractivity contribution is 0.0684. The van der Waals surface area contributed by atoms with E-state index >= 15 is 0 Å². The zero-order valence-corrected chi connectivity index (χ0v) is 14.5. The van der Waals surface area contributed by atoms with Crippen LogP contribution in [0.4, 0.5) is 4.39 Å². The van der Waals surface area contributed by atoms with Crippen LogP contribution < -0.4 is 5.32 Å². The van der Waals surface area contributed by atoms with Gasteiger partial charge in [0.05, 0.1) is 12.7 Å². The summed E-state index contributed by atoms with van der Waals surface area (Å²) in [6.45, 7) is 6.00. The van der Waals surface area contributed by atoms with Crippen LogP contribution in [0.25, 0.3) is 0 Å². The molecular weight excluding hydrogens is 321 g/mol. The lowest BCUT2D eigenvalue weighted by Gasteiger charge is -2.31. The highest BCUT2D eigenvalue weighted by Crippen LogP contribution is 2.18. The van der Waals surface area contributed by atoms with E-state index in [4.69, 9.17) is 0 Å². The summed E-state index contributed by atoms with van der Waals surface area (Å²) in [5.41, 5.74) is 1.13. The first-order valence-corrected chi connectivity index (χ1v) is 8.80. The van der Waals surface area contributed by atoms with E-state index in [-0.39, 0.29) is 11.7 Å². The van der Waals surface area contributed by atoms with Crippen molar-refractivity contribution in [3.05, 3.63) is 47.5 Å². The summed E-state index contributed by atoms with van der Waals surface area (Å²) in [5, 5.41) is 11.4. The molecule has 0 radical (unpaired) electrons. The van der Waals surface area contributed by atoms with Crippen molar-refractivity contribution in [2.75, 3.05) is 26.2 Å². The van der Waals surface area contributed by atoms with Gasteiger partial charge in [0.15, 0.2) is 5.69 Å². The van der Waals surface area contributed by atoms with E-state index in [1.54, 1.807) is 16.9 Å². The standard InChI is InChI=1S/C18H24FN5O/c1-2-20-11-14-6-8-23(9-7-14)18(25)17-13-24(22-21-17)12-15-4-3-5-16(19)10-15/h3-5,10,13-14,20H,2,6-9,11-12H2,1H3. The number of halogens is 1. The van der Waals surface area contributed by atoms with Crippen LogP contribution in [-0.4, -0.2) is 52.0 Å². The minimum atomic E-state index is -0.283. The highest BCUT2D eigenvalue weighted by molar-refractivity contribution is 5.92. The molecule has 1 saturated heterocycles. The van der Waals surface area contributed by atoms with Crippen LogP contribution in [-0.2, 0) is 6.54 Å². The Balaban J connectivity index is 1.56. The van der Waals surface area contributed by atoms with Gasteiger partial charge in [-0.25, -0.2) is 9.07 Å². The minimum Gasteiger partial charge on any atom is -0.337 e. The number of carbonyl (C=O) groups is 1. The van der Waals surface area contributed by atoms with Gasteiger partial charge in [-0.15, -0.1) is 5.10 Å². The summed E-state index contributed by atoms with van der Waals surface area (Å²) in [4.78, 5) is 14.4. The predicted octanol–water partition coefficient (Wildman–Crippen LogP) is 1.93. The van der Waals surface area contributed by atoms with E-state index in [0.717, 1.165) is 44.6 Å². The minimum absolute atomic E-state index is 0.0765. The number of amides is 1. The van der Waals surface area contributed by atoms with Crippen molar-refractivity contribution in [1.29, 1.82) is 0 Å². The molecule has 1 aromatic heterocycles. The maximum Gasteiger partial charge on any atom is 0.276 e. The summed E-state index contributed by atoms with van der Waals surface area (Å²) >= 11 is 0. The van der Waals surface area contributed by atoms with E-state index in [9.17, 15) is 9.18 Å². The van der Waals surface area contributed by atoms with E-state index in [2.05, 4.69) is 22.6 Å². The number of rotatable bonds is 6. The number of nitrogens with zero attached hydrogens (tertiary/aromatic N) is 4. The molecule has 0 saturated carbocycles. The molecule has 6 nitrogen and oxygen atoms in total. The van der Waals surface area contributed by atoms with E-state index < -0.39 is 0 Å². The second-order valence-electron chi connectivity index (χ2n) is 6.47. The molecule has 1 amide bonds. The average molecular weight is 345 g/mol. The van der Waals surface area contributed by atoms with Crippen LogP contribution >= 0.6 is 0 Å². The quantitative estimate of drug-likeness (QED) is 0.869. The Morgan fingerprint density at radius 2 is 2.16 bits per heavy atom. The molecule has 3 rings (SSSR count). The Labute approximate surface area is 147 Å². The summed E-state index contributed by atoms with van der Waals surface area (Å²) in [6.07, 6.45) is 3.66. The van der Waals surface area contributed by atoms with E-state index in [0.29, 0.717) is 18.2 Å². The molecule has 0 bridgehead atoms. The summed E-state index contributed by atoms with van der Waals surface area (Å²) in [7, 11) is 0. The molecule has 1 aliphatic heterocycles. The van der Waals surface area contributed by atoms with Crippen molar-refractivity contribution >= 4 is 5.91 Å². The molecule has 25 heavy (non-hydrogen) atoms. The third-order valence-electron chi connectivity index (χ3n) is 4.58. The molecule has 7 heteroatoms. The van der Waals surface area contributed by atoms with E-state index in [1.165, 1.54) is 12.1 Å². The lowest BCUT2D eigenvalue weighted by atomic mass is 9.96. The third kappa shape index (κ3) is 4.63. The van der Waals surface area contributed by atoms with Crippen LogP contribution in [0.5, 0.6) is 0 Å². The van der Waals surface area contributed by atoms with Gasteiger partial charge in [-0.1, -0.05) is 24.3 Å². The smallest absolute Gasteiger partial charge is 0.276 e. The molecule has 1 N–H and O–H groups in total. The largest absolute Gasteiger partial charge is 0.337 e. The maximum atomic E-state index is 13.2. The van der Waals surface area contributed by atoms with Crippen molar-refractivity contribution < 1.29 is 9.18 Å². The van der Waals surface area contributed by atoms with Gasteiger partial charge in [0.25, 0.3) is 5.91 Å². The van der Waals surface area contributed by atoms with Crippen LogP contribution in [0.15, 0.2) is 30.5 Å². The Morgan fingerprint density at radius 1 is 1.36 bits per heavy atom. The van der Waals surface area contributed by atoms with Gasteiger partial charge in [-0.2, -0.15) is 0 Å². The molecule has 0 unspecified atom stereocenters. The summed E-state index contributed by atoms with van der Waals surface area (Å²) in [5.74, 6) is 0.273. The predicted molar refractivity (Wildman–Crippen MR) is 92.7 cm³/mol. The molecular formula is C18H24FN5O. The number of piperidine rings is 1. The van der Waals surface area contributed by atoms with Crippen LogP contribution in [0.3, 0.4) is 0 Å². The Bertz CT molecular complexity index is 709. The SMILES string of the molecule is CCNCC1CCN(C(=O)c2cn(Cc3cccc(F)c3)nn2)CC1. The number of benzene rings is 1. The molecule has 2 heterocycles. The normalized spacial score (nSPS) is 15.5. The second kappa shape index (κ2) is 8.20. The van der Waals surface area contributed by atoms with Crippen molar-refractivity contribution in [2.24, 2.45) is 5.92 Å². The van der Waals surface area contributed by atoms with Gasteiger partial charge >= 0.3 is 0 Å². The van der Waals surface area contributed by atoms with Gasteiger partial charge in [0.1, 0.15) is 5.82 Å². The first-order valence-electron chi connectivity index (χ1n) is 8.80. The van der Waals surface area contributed by atoms with Crippen LogP contribution in [0.1, 0.15) is 35.8 Å². The van der Waals surface area contributed by atoms with Crippen LogP contribution in [0, 0.1) is 11.7 Å². The zero-order chi connectivity index (χ0) is 17.6. The first kappa shape index (κ1) is 17.5. The second-order valence-corrected chi connectivity index (χ2v) is 6.47. The van der Waals surface area contributed by atoms with Gasteiger partial charge in [-0.05, 0) is 49.5 Å². The van der Waals surface area contributed by atoms with Gasteiger partial charge < -0.3 is 10.2 Å². The molecule has 1 aromatic carbocycles. The Hall–Kier alpha value is -2.28. The monoisotopic (exact) mass is 345 g/mol. The average Bonchev–Trinajstić information content (AvgIpc) is 3.08. The Kier molecular flexibility index (Phi) is 5.75. The number of carbonyl (C=O) groups excluding carboxylic acids is 1. The van der Waals surface area contributed by atoms with Gasteiger partial charge in [0.2, 0.25) is 0 Å². The number of hydrogen-bond acceptors (Lipinski definition) is 4. The molecule has 0 spiro atoms. The molecule has 1 fully saturated rings. The Morgan fingerprint density at radius 3 is 2.88 bits per heavy atom. The first-order chi connectivity index (χ1) is 12.2. The number of nitrogens with one attached hydrogen (secondary N) is 1. The fourth-order valence-corrected chi connectivity index (χ4v) is 3.15. The van der Waals surface area contributed by atoms with Crippen molar-refractivity contribution in [3.8, 4) is 0 Å². The molecule has 1 aliphatic rings. The highest BCUT2D eigenvalue weighted by Gasteiger charge is 2.25. The zero-order valence-electron chi connectivity index (χ0n) is 14.5. The highest BCUT2D eigenvalue weighted by atomic mass is 19.1. The van der Waals surface area contributed by atoms with Crippen molar-refractivity contribution in [2.45, 2.75) is 26.3 Å².